The summed E-state index contributed by atoms with van der Waals surface area (Å²) in [6.07, 6.45) is 5.29. The SMILES string of the molecule is COc1ccc(OC)c2c1NC(c1cccc([N+](=O)[O-])c1)C1CC=CC21. The fourth-order valence-corrected chi connectivity index (χ4v) is 4.16. The van der Waals surface area contributed by atoms with Crippen LogP contribution in [0.25, 0.3) is 0 Å². The molecule has 0 spiro atoms. The van der Waals surface area contributed by atoms with E-state index >= 15 is 0 Å². The van der Waals surface area contributed by atoms with E-state index in [0.29, 0.717) is 0 Å². The number of non-ortho nitro benzene ring substituents is 1. The van der Waals surface area contributed by atoms with E-state index in [1.165, 1.54) is 6.07 Å². The van der Waals surface area contributed by atoms with E-state index in [-0.39, 0.29) is 28.5 Å². The normalized spacial score (nSPS) is 22.9. The average molecular weight is 352 g/mol. The molecular formula is C20H20N2O4. The molecule has 0 radical (unpaired) electrons. The van der Waals surface area contributed by atoms with Gasteiger partial charge in [0.15, 0.2) is 0 Å². The number of nitro groups is 1. The molecule has 0 amide bonds. The molecule has 6 heteroatoms. The predicted molar refractivity (Wildman–Crippen MR) is 99.0 cm³/mol. The van der Waals surface area contributed by atoms with Crippen molar-refractivity contribution in [2.75, 3.05) is 19.5 Å². The van der Waals surface area contributed by atoms with E-state index in [1.54, 1.807) is 26.4 Å². The van der Waals surface area contributed by atoms with Crippen LogP contribution in [-0.4, -0.2) is 19.1 Å². The maximum atomic E-state index is 11.2. The molecule has 2 aromatic rings. The summed E-state index contributed by atoms with van der Waals surface area (Å²) in [5.41, 5.74) is 3.01. The van der Waals surface area contributed by atoms with Gasteiger partial charge in [0, 0.05) is 23.6 Å². The molecule has 2 aliphatic rings. The lowest BCUT2D eigenvalue weighted by Gasteiger charge is -2.38. The molecule has 0 saturated carbocycles. The highest BCUT2D eigenvalue weighted by Gasteiger charge is 2.41. The number of allylic oxidation sites excluding steroid dienone is 2. The summed E-state index contributed by atoms with van der Waals surface area (Å²) in [5, 5.41) is 14.8. The number of ether oxygens (including phenoxy) is 2. The minimum absolute atomic E-state index is 0.0385. The quantitative estimate of drug-likeness (QED) is 0.500. The molecule has 1 heterocycles. The zero-order valence-electron chi connectivity index (χ0n) is 14.6. The van der Waals surface area contributed by atoms with Crippen molar-refractivity contribution in [3.8, 4) is 11.5 Å². The number of benzene rings is 2. The highest BCUT2D eigenvalue weighted by molar-refractivity contribution is 5.72. The Balaban J connectivity index is 1.84. The average Bonchev–Trinajstić information content (AvgIpc) is 3.16. The highest BCUT2D eigenvalue weighted by Crippen LogP contribution is 2.55. The van der Waals surface area contributed by atoms with Gasteiger partial charge in [-0.3, -0.25) is 10.1 Å². The molecule has 0 bridgehead atoms. The van der Waals surface area contributed by atoms with Crippen molar-refractivity contribution in [3.05, 3.63) is 69.8 Å². The summed E-state index contributed by atoms with van der Waals surface area (Å²) < 4.78 is 11.1. The zero-order chi connectivity index (χ0) is 18.3. The first kappa shape index (κ1) is 16.4. The van der Waals surface area contributed by atoms with Gasteiger partial charge < -0.3 is 14.8 Å². The van der Waals surface area contributed by atoms with Crippen molar-refractivity contribution >= 4 is 11.4 Å². The first-order chi connectivity index (χ1) is 12.6. The molecule has 0 aromatic heterocycles. The van der Waals surface area contributed by atoms with Crippen molar-refractivity contribution in [3.63, 3.8) is 0 Å². The van der Waals surface area contributed by atoms with Crippen molar-refractivity contribution < 1.29 is 14.4 Å². The summed E-state index contributed by atoms with van der Waals surface area (Å²) in [4.78, 5) is 10.8. The highest BCUT2D eigenvalue weighted by atomic mass is 16.6. The first-order valence-electron chi connectivity index (χ1n) is 8.56. The number of fused-ring (bicyclic) bond motifs is 3. The maximum absolute atomic E-state index is 11.2. The van der Waals surface area contributed by atoms with Gasteiger partial charge in [0.2, 0.25) is 0 Å². The minimum Gasteiger partial charge on any atom is -0.496 e. The van der Waals surface area contributed by atoms with E-state index in [0.717, 1.165) is 34.7 Å². The van der Waals surface area contributed by atoms with Gasteiger partial charge in [-0.25, -0.2) is 0 Å². The van der Waals surface area contributed by atoms with Crippen LogP contribution in [0.15, 0.2) is 48.6 Å². The molecule has 2 aromatic carbocycles. The lowest BCUT2D eigenvalue weighted by atomic mass is 9.76. The Morgan fingerprint density at radius 1 is 1.15 bits per heavy atom. The number of hydrogen-bond donors (Lipinski definition) is 1. The van der Waals surface area contributed by atoms with E-state index < -0.39 is 0 Å². The van der Waals surface area contributed by atoms with Crippen molar-refractivity contribution in [2.45, 2.75) is 18.4 Å². The van der Waals surface area contributed by atoms with E-state index in [1.807, 2.05) is 18.2 Å². The fourth-order valence-electron chi connectivity index (χ4n) is 4.16. The summed E-state index contributed by atoms with van der Waals surface area (Å²) in [6.45, 7) is 0. The number of hydrogen-bond acceptors (Lipinski definition) is 5. The standard InChI is InChI=1S/C20H20N2O4/c1-25-16-9-10-17(26-2)20-18(16)14-7-4-8-15(14)19(21-20)12-5-3-6-13(11-12)22(23)24/h3-7,9-11,14-15,19,21H,8H2,1-2H3. The molecule has 0 saturated heterocycles. The van der Waals surface area contributed by atoms with Crippen LogP contribution in [0.4, 0.5) is 11.4 Å². The third kappa shape index (κ3) is 2.49. The molecule has 1 aliphatic carbocycles. The molecule has 4 rings (SSSR count). The van der Waals surface area contributed by atoms with Gasteiger partial charge in [-0.05, 0) is 30.0 Å². The van der Waals surface area contributed by atoms with Crippen LogP contribution in [-0.2, 0) is 0 Å². The van der Waals surface area contributed by atoms with E-state index in [9.17, 15) is 10.1 Å². The molecule has 6 nitrogen and oxygen atoms in total. The smallest absolute Gasteiger partial charge is 0.269 e. The van der Waals surface area contributed by atoms with Crippen molar-refractivity contribution in [2.24, 2.45) is 5.92 Å². The molecule has 3 atom stereocenters. The number of nitrogens with zero attached hydrogens (tertiary/aromatic N) is 1. The van der Waals surface area contributed by atoms with Crippen LogP contribution in [0, 0.1) is 16.0 Å². The van der Waals surface area contributed by atoms with Gasteiger partial charge in [0.1, 0.15) is 11.5 Å². The van der Waals surface area contributed by atoms with Crippen molar-refractivity contribution in [1.82, 2.24) is 0 Å². The summed E-state index contributed by atoms with van der Waals surface area (Å²) in [6, 6.07) is 10.6. The Labute approximate surface area is 151 Å². The fraction of sp³-hybridized carbons (Fsp3) is 0.300. The molecule has 26 heavy (non-hydrogen) atoms. The maximum Gasteiger partial charge on any atom is 0.269 e. The summed E-state index contributed by atoms with van der Waals surface area (Å²) in [5.74, 6) is 2.02. The number of rotatable bonds is 4. The monoisotopic (exact) mass is 352 g/mol. The van der Waals surface area contributed by atoms with Crippen molar-refractivity contribution in [1.29, 1.82) is 0 Å². The lowest BCUT2D eigenvalue weighted by molar-refractivity contribution is -0.384. The van der Waals surface area contributed by atoms with Crippen LogP contribution in [0.1, 0.15) is 29.5 Å². The van der Waals surface area contributed by atoms with Crippen LogP contribution in [0.3, 0.4) is 0 Å². The second-order valence-electron chi connectivity index (χ2n) is 6.59. The third-order valence-electron chi connectivity index (χ3n) is 5.32. The van der Waals surface area contributed by atoms with Crippen LogP contribution < -0.4 is 14.8 Å². The zero-order valence-corrected chi connectivity index (χ0v) is 14.6. The molecular weight excluding hydrogens is 332 g/mol. The van der Waals surface area contributed by atoms with Gasteiger partial charge in [-0.15, -0.1) is 0 Å². The Morgan fingerprint density at radius 3 is 2.65 bits per heavy atom. The van der Waals surface area contributed by atoms with Gasteiger partial charge in [-0.1, -0.05) is 24.3 Å². The molecule has 3 unspecified atom stereocenters. The largest absolute Gasteiger partial charge is 0.496 e. The van der Waals surface area contributed by atoms with Gasteiger partial charge >= 0.3 is 0 Å². The van der Waals surface area contributed by atoms with Crippen LogP contribution >= 0.6 is 0 Å². The van der Waals surface area contributed by atoms with Gasteiger partial charge in [0.05, 0.1) is 30.9 Å². The van der Waals surface area contributed by atoms with Gasteiger partial charge in [0.25, 0.3) is 5.69 Å². The topological polar surface area (TPSA) is 73.6 Å². The van der Waals surface area contributed by atoms with Gasteiger partial charge in [-0.2, -0.15) is 0 Å². The predicted octanol–water partition coefficient (Wildman–Crippen LogP) is 4.44. The second kappa shape index (κ2) is 6.37. The number of anilines is 1. The minimum atomic E-state index is -0.353. The van der Waals surface area contributed by atoms with Crippen LogP contribution in [0.2, 0.25) is 0 Å². The second-order valence-corrected chi connectivity index (χ2v) is 6.59. The Hall–Kier alpha value is -3.02. The number of methoxy groups -OCH3 is 2. The summed E-state index contributed by atoms with van der Waals surface area (Å²) >= 11 is 0. The lowest BCUT2D eigenvalue weighted by Crippen LogP contribution is -2.29. The number of nitrogens with one attached hydrogen (secondary N) is 1. The summed E-state index contributed by atoms with van der Waals surface area (Å²) in [7, 11) is 3.31. The Morgan fingerprint density at radius 2 is 1.92 bits per heavy atom. The van der Waals surface area contributed by atoms with E-state index in [2.05, 4.69) is 17.5 Å². The van der Waals surface area contributed by atoms with E-state index in [4.69, 9.17) is 9.47 Å². The Kier molecular flexibility index (Phi) is 4.03. The third-order valence-corrected chi connectivity index (χ3v) is 5.32. The Bertz CT molecular complexity index is 893. The molecule has 1 N–H and O–H groups in total. The van der Waals surface area contributed by atoms with Crippen LogP contribution in [0.5, 0.6) is 11.5 Å². The number of nitro benzene ring substituents is 1. The molecule has 0 fully saturated rings. The molecule has 1 aliphatic heterocycles. The first-order valence-corrected chi connectivity index (χ1v) is 8.56. The molecule has 134 valence electrons.